The highest BCUT2D eigenvalue weighted by molar-refractivity contribution is 7.89. The van der Waals surface area contributed by atoms with Gasteiger partial charge in [-0.25, -0.2) is 13.1 Å². The van der Waals surface area contributed by atoms with E-state index >= 15 is 0 Å². The molecule has 0 radical (unpaired) electrons. The van der Waals surface area contributed by atoms with E-state index in [4.69, 9.17) is 27.9 Å². The van der Waals surface area contributed by atoms with Crippen LogP contribution in [0.3, 0.4) is 0 Å². The van der Waals surface area contributed by atoms with Gasteiger partial charge in [0.25, 0.3) is 0 Å². The van der Waals surface area contributed by atoms with Gasteiger partial charge in [-0.3, -0.25) is 0 Å². The molecule has 0 amide bonds. The summed E-state index contributed by atoms with van der Waals surface area (Å²) in [6.07, 6.45) is 0. The predicted octanol–water partition coefficient (Wildman–Crippen LogP) is 4.04. The maximum absolute atomic E-state index is 12.6. The first kappa shape index (κ1) is 17.1. The van der Waals surface area contributed by atoms with Gasteiger partial charge in [0.1, 0.15) is 9.92 Å². The number of benzene rings is 2. The van der Waals surface area contributed by atoms with Crippen LogP contribution in [0.1, 0.15) is 18.5 Å². The summed E-state index contributed by atoms with van der Waals surface area (Å²) in [5, 5.41) is 0.299. The first-order chi connectivity index (χ1) is 10.4. The fourth-order valence-electron chi connectivity index (χ4n) is 2.02. The van der Waals surface area contributed by atoms with Gasteiger partial charge in [0.15, 0.2) is 5.75 Å². The highest BCUT2D eigenvalue weighted by atomic mass is 35.5. The Morgan fingerprint density at radius 3 is 2.32 bits per heavy atom. The lowest BCUT2D eigenvalue weighted by molar-refractivity contribution is 0.402. The van der Waals surface area contributed by atoms with Gasteiger partial charge >= 0.3 is 0 Å². The fourth-order valence-corrected chi connectivity index (χ4v) is 3.87. The molecule has 0 aliphatic rings. The topological polar surface area (TPSA) is 55.4 Å². The molecule has 0 saturated carbocycles. The first-order valence-electron chi connectivity index (χ1n) is 6.46. The van der Waals surface area contributed by atoms with Gasteiger partial charge < -0.3 is 4.74 Å². The van der Waals surface area contributed by atoms with E-state index in [9.17, 15) is 8.42 Å². The van der Waals surface area contributed by atoms with Gasteiger partial charge in [0, 0.05) is 6.04 Å². The van der Waals surface area contributed by atoms with E-state index in [1.54, 1.807) is 6.92 Å². The molecule has 22 heavy (non-hydrogen) atoms. The molecule has 2 rings (SSSR count). The highest BCUT2D eigenvalue weighted by Crippen LogP contribution is 2.37. The summed E-state index contributed by atoms with van der Waals surface area (Å²) < 4.78 is 32.8. The van der Waals surface area contributed by atoms with Crippen LogP contribution in [-0.2, 0) is 10.0 Å². The number of hydrogen-bond donors (Lipinski definition) is 1. The second-order valence-electron chi connectivity index (χ2n) is 4.65. The molecule has 0 heterocycles. The van der Waals surface area contributed by atoms with Gasteiger partial charge in [0.2, 0.25) is 10.0 Å². The molecule has 2 aromatic carbocycles. The summed E-state index contributed by atoms with van der Waals surface area (Å²) in [5.74, 6) is 0.0296. The van der Waals surface area contributed by atoms with Crippen LogP contribution in [0.2, 0.25) is 10.0 Å². The molecule has 2 aromatic rings. The van der Waals surface area contributed by atoms with E-state index in [0.29, 0.717) is 0 Å². The van der Waals surface area contributed by atoms with E-state index in [2.05, 4.69) is 4.72 Å². The summed E-state index contributed by atoms with van der Waals surface area (Å²) >= 11 is 11.9. The number of rotatable bonds is 5. The van der Waals surface area contributed by atoms with Crippen LogP contribution in [0.4, 0.5) is 0 Å². The average Bonchev–Trinajstić information content (AvgIpc) is 2.50. The lowest BCUT2D eigenvalue weighted by Crippen LogP contribution is -2.27. The van der Waals surface area contributed by atoms with E-state index in [1.165, 1.54) is 19.2 Å². The molecule has 0 bridgehead atoms. The zero-order valence-corrected chi connectivity index (χ0v) is 14.3. The summed E-state index contributed by atoms with van der Waals surface area (Å²) in [6, 6.07) is 11.7. The molecule has 0 fully saturated rings. The van der Waals surface area contributed by atoms with Crippen molar-refractivity contribution in [3.63, 3.8) is 0 Å². The molecule has 1 N–H and O–H groups in total. The normalized spacial score (nSPS) is 12.9. The van der Waals surface area contributed by atoms with Crippen molar-refractivity contribution in [2.45, 2.75) is 17.9 Å². The van der Waals surface area contributed by atoms with Crippen molar-refractivity contribution in [1.82, 2.24) is 4.72 Å². The Balaban J connectivity index is 2.38. The third kappa shape index (κ3) is 3.55. The molecular formula is C15H15Cl2NO3S. The van der Waals surface area contributed by atoms with Gasteiger partial charge in [-0.05, 0) is 24.6 Å². The first-order valence-corrected chi connectivity index (χ1v) is 8.70. The van der Waals surface area contributed by atoms with Crippen LogP contribution < -0.4 is 9.46 Å². The Bertz CT molecular complexity index is 764. The Morgan fingerprint density at radius 1 is 1.09 bits per heavy atom. The summed E-state index contributed by atoms with van der Waals surface area (Å²) in [4.78, 5) is -0.0489. The van der Waals surface area contributed by atoms with Gasteiger partial charge in [0.05, 0.1) is 12.1 Å². The minimum Gasteiger partial charge on any atom is -0.494 e. The third-order valence-corrected chi connectivity index (χ3v) is 5.49. The minimum absolute atomic E-state index is 0.0296. The molecular weight excluding hydrogens is 345 g/mol. The van der Waals surface area contributed by atoms with Crippen LogP contribution in [0.15, 0.2) is 47.4 Å². The third-order valence-electron chi connectivity index (χ3n) is 3.14. The molecule has 0 aliphatic carbocycles. The SMILES string of the molecule is COc1c(S(=O)(=O)N[C@H](C)c2ccccc2)ccc(Cl)c1Cl. The number of halogens is 2. The zero-order valence-electron chi connectivity index (χ0n) is 12.0. The fraction of sp³-hybridized carbons (Fsp3) is 0.200. The maximum atomic E-state index is 12.6. The smallest absolute Gasteiger partial charge is 0.244 e. The summed E-state index contributed by atoms with van der Waals surface area (Å²) in [6.45, 7) is 1.76. The Kier molecular flexibility index (Phi) is 5.34. The minimum atomic E-state index is -3.81. The van der Waals surface area contributed by atoms with Crippen LogP contribution in [0.25, 0.3) is 0 Å². The van der Waals surface area contributed by atoms with E-state index in [0.717, 1.165) is 5.56 Å². The number of nitrogens with one attached hydrogen (secondary N) is 1. The Hall–Kier alpha value is -1.27. The van der Waals surface area contributed by atoms with Crippen LogP contribution >= 0.6 is 23.2 Å². The zero-order chi connectivity index (χ0) is 16.3. The van der Waals surface area contributed by atoms with Crippen LogP contribution in [0, 0.1) is 0 Å². The second-order valence-corrected chi connectivity index (χ2v) is 7.11. The number of methoxy groups -OCH3 is 1. The monoisotopic (exact) mass is 359 g/mol. The molecule has 0 spiro atoms. The summed E-state index contributed by atoms with van der Waals surface area (Å²) in [7, 11) is -2.46. The van der Waals surface area contributed by atoms with Gasteiger partial charge in [-0.1, -0.05) is 53.5 Å². The molecule has 0 unspecified atom stereocenters. The second kappa shape index (κ2) is 6.87. The van der Waals surface area contributed by atoms with E-state index < -0.39 is 16.1 Å². The Morgan fingerprint density at radius 2 is 1.73 bits per heavy atom. The molecule has 7 heteroatoms. The van der Waals surface area contributed by atoms with Crippen molar-refractivity contribution >= 4 is 33.2 Å². The predicted molar refractivity (Wildman–Crippen MR) is 88.2 cm³/mol. The largest absolute Gasteiger partial charge is 0.494 e. The molecule has 4 nitrogen and oxygen atoms in total. The van der Waals surface area contributed by atoms with Crippen molar-refractivity contribution in [3.8, 4) is 5.75 Å². The van der Waals surface area contributed by atoms with Crippen molar-refractivity contribution in [3.05, 3.63) is 58.1 Å². The van der Waals surface area contributed by atoms with E-state index in [-0.39, 0.29) is 20.7 Å². The summed E-state index contributed by atoms with van der Waals surface area (Å²) in [5.41, 5.74) is 0.852. The van der Waals surface area contributed by atoms with Crippen molar-refractivity contribution in [2.75, 3.05) is 7.11 Å². The van der Waals surface area contributed by atoms with Crippen molar-refractivity contribution < 1.29 is 13.2 Å². The number of ether oxygens (including phenoxy) is 1. The van der Waals surface area contributed by atoms with Crippen molar-refractivity contribution in [1.29, 1.82) is 0 Å². The number of hydrogen-bond acceptors (Lipinski definition) is 3. The van der Waals surface area contributed by atoms with Crippen molar-refractivity contribution in [2.24, 2.45) is 0 Å². The molecule has 0 aromatic heterocycles. The number of sulfonamides is 1. The van der Waals surface area contributed by atoms with Crippen LogP contribution in [-0.4, -0.2) is 15.5 Å². The van der Waals surface area contributed by atoms with Crippen LogP contribution in [0.5, 0.6) is 5.75 Å². The Labute approximate surface area is 140 Å². The highest BCUT2D eigenvalue weighted by Gasteiger charge is 2.25. The lowest BCUT2D eigenvalue weighted by Gasteiger charge is -2.17. The quantitative estimate of drug-likeness (QED) is 0.876. The van der Waals surface area contributed by atoms with E-state index in [1.807, 2.05) is 30.3 Å². The van der Waals surface area contributed by atoms with Gasteiger partial charge in [-0.15, -0.1) is 0 Å². The van der Waals surface area contributed by atoms with Gasteiger partial charge in [-0.2, -0.15) is 0 Å². The molecule has 118 valence electrons. The molecule has 0 saturated heterocycles. The molecule has 0 aliphatic heterocycles. The average molecular weight is 360 g/mol. The maximum Gasteiger partial charge on any atom is 0.244 e. The standard InChI is InChI=1S/C15H15Cl2NO3S/c1-10(11-6-4-3-5-7-11)18-22(19,20)13-9-8-12(16)14(17)15(13)21-2/h3-10,18H,1-2H3/t10-/m1/s1. The lowest BCUT2D eigenvalue weighted by atomic mass is 10.1. The molecule has 1 atom stereocenters.